The van der Waals surface area contributed by atoms with Crippen molar-refractivity contribution in [2.45, 2.75) is 57.4 Å². The molecule has 1 fully saturated rings. The lowest BCUT2D eigenvalue weighted by atomic mass is 10.1. The molecule has 1 N–H and O–H groups in total. The summed E-state index contributed by atoms with van der Waals surface area (Å²) in [6.07, 6.45) is 8.75. The lowest BCUT2D eigenvalue weighted by Gasteiger charge is -2.16. The molecule has 20 heavy (non-hydrogen) atoms. The summed E-state index contributed by atoms with van der Waals surface area (Å²) < 4.78 is 5.20. The zero-order valence-electron chi connectivity index (χ0n) is 12.4. The number of carbonyl (C=O) groups excluding carboxylic acids is 1. The highest BCUT2D eigenvalue weighted by Crippen LogP contribution is 2.18. The van der Waals surface area contributed by atoms with Crippen LogP contribution in [0.2, 0.25) is 0 Å². The Hall–Kier alpha value is -1.51. The van der Waals surface area contributed by atoms with Gasteiger partial charge in [0.15, 0.2) is 0 Å². The molecular weight excluding hydrogens is 250 g/mol. The molecule has 0 heterocycles. The summed E-state index contributed by atoms with van der Waals surface area (Å²) in [5.41, 5.74) is 1.15. The number of amides is 1. The maximum Gasteiger partial charge on any atom is 0.220 e. The molecule has 0 radical (unpaired) electrons. The van der Waals surface area contributed by atoms with Gasteiger partial charge < -0.3 is 10.1 Å². The molecule has 1 amide bonds. The van der Waals surface area contributed by atoms with Crippen LogP contribution in [-0.4, -0.2) is 19.1 Å². The molecule has 0 aromatic heterocycles. The first kappa shape index (κ1) is 14.9. The van der Waals surface area contributed by atoms with Crippen molar-refractivity contribution in [1.29, 1.82) is 0 Å². The van der Waals surface area contributed by atoms with Gasteiger partial charge in [-0.15, -0.1) is 0 Å². The van der Waals surface area contributed by atoms with E-state index in [0.717, 1.165) is 30.6 Å². The Morgan fingerprint density at radius 1 is 1.25 bits per heavy atom. The van der Waals surface area contributed by atoms with Crippen LogP contribution in [0.25, 0.3) is 0 Å². The summed E-state index contributed by atoms with van der Waals surface area (Å²) in [7, 11) is 1.66. The van der Waals surface area contributed by atoms with E-state index < -0.39 is 0 Å². The van der Waals surface area contributed by atoms with Crippen LogP contribution >= 0.6 is 0 Å². The number of carbonyl (C=O) groups is 1. The van der Waals surface area contributed by atoms with Crippen LogP contribution in [-0.2, 0) is 11.2 Å². The maximum atomic E-state index is 12.0. The minimum Gasteiger partial charge on any atom is -0.497 e. The van der Waals surface area contributed by atoms with Crippen LogP contribution in [0.3, 0.4) is 0 Å². The lowest BCUT2D eigenvalue weighted by Crippen LogP contribution is -2.34. The maximum absolute atomic E-state index is 12.0. The Balaban J connectivity index is 1.76. The third-order valence-electron chi connectivity index (χ3n) is 4.00. The summed E-state index contributed by atoms with van der Waals surface area (Å²) in [6, 6.07) is 8.34. The smallest absolute Gasteiger partial charge is 0.220 e. The number of hydrogen-bond acceptors (Lipinski definition) is 2. The van der Waals surface area contributed by atoms with Gasteiger partial charge in [0.2, 0.25) is 5.91 Å². The second-order valence-electron chi connectivity index (χ2n) is 5.61. The predicted molar refractivity (Wildman–Crippen MR) is 80.9 cm³/mol. The van der Waals surface area contributed by atoms with E-state index in [1.165, 1.54) is 25.7 Å². The van der Waals surface area contributed by atoms with Crippen LogP contribution in [0.1, 0.15) is 50.5 Å². The SMILES string of the molecule is COc1cccc(CCC(=O)NC2CCCCCC2)c1. The molecule has 0 unspecified atom stereocenters. The molecule has 1 aliphatic rings. The fourth-order valence-electron chi connectivity index (χ4n) is 2.81. The molecule has 2 rings (SSSR count). The lowest BCUT2D eigenvalue weighted by molar-refractivity contribution is -0.121. The van der Waals surface area contributed by atoms with Gasteiger partial charge in [0.25, 0.3) is 0 Å². The van der Waals surface area contributed by atoms with Gasteiger partial charge in [-0.25, -0.2) is 0 Å². The Bertz CT molecular complexity index is 423. The van der Waals surface area contributed by atoms with Gasteiger partial charge >= 0.3 is 0 Å². The highest BCUT2D eigenvalue weighted by Gasteiger charge is 2.14. The molecule has 110 valence electrons. The summed E-state index contributed by atoms with van der Waals surface area (Å²) >= 11 is 0. The Morgan fingerprint density at radius 3 is 2.70 bits per heavy atom. The van der Waals surface area contributed by atoms with Crippen molar-refractivity contribution in [1.82, 2.24) is 5.32 Å². The van der Waals surface area contributed by atoms with Gasteiger partial charge in [-0.3, -0.25) is 4.79 Å². The van der Waals surface area contributed by atoms with E-state index in [0.29, 0.717) is 12.5 Å². The zero-order valence-corrected chi connectivity index (χ0v) is 12.4. The fourth-order valence-corrected chi connectivity index (χ4v) is 2.81. The first-order valence-corrected chi connectivity index (χ1v) is 7.70. The summed E-state index contributed by atoms with van der Waals surface area (Å²) in [5.74, 6) is 1.03. The number of nitrogens with one attached hydrogen (secondary N) is 1. The normalized spacial score (nSPS) is 16.4. The predicted octanol–water partition coefficient (Wildman–Crippen LogP) is 3.47. The van der Waals surface area contributed by atoms with Crippen molar-refractivity contribution in [3.63, 3.8) is 0 Å². The number of benzene rings is 1. The van der Waals surface area contributed by atoms with Gasteiger partial charge in [0, 0.05) is 12.5 Å². The molecule has 1 saturated carbocycles. The van der Waals surface area contributed by atoms with Crippen LogP contribution in [0.4, 0.5) is 0 Å². The fraction of sp³-hybridized carbons (Fsp3) is 0.588. The van der Waals surface area contributed by atoms with E-state index in [9.17, 15) is 4.79 Å². The van der Waals surface area contributed by atoms with E-state index in [1.807, 2.05) is 24.3 Å². The molecule has 0 spiro atoms. The molecule has 1 aliphatic carbocycles. The van der Waals surface area contributed by atoms with Gasteiger partial charge in [-0.1, -0.05) is 37.8 Å². The summed E-state index contributed by atoms with van der Waals surface area (Å²) in [6.45, 7) is 0. The molecule has 0 bridgehead atoms. The summed E-state index contributed by atoms with van der Waals surface area (Å²) in [4.78, 5) is 12.0. The van der Waals surface area contributed by atoms with Crippen molar-refractivity contribution < 1.29 is 9.53 Å². The first-order valence-electron chi connectivity index (χ1n) is 7.70. The van der Waals surface area contributed by atoms with E-state index in [1.54, 1.807) is 7.11 Å². The molecular formula is C17H25NO2. The number of aryl methyl sites for hydroxylation is 1. The second-order valence-corrected chi connectivity index (χ2v) is 5.61. The topological polar surface area (TPSA) is 38.3 Å². The van der Waals surface area contributed by atoms with E-state index >= 15 is 0 Å². The third-order valence-corrected chi connectivity index (χ3v) is 4.00. The third kappa shape index (κ3) is 4.87. The van der Waals surface area contributed by atoms with Crippen LogP contribution in [0.15, 0.2) is 24.3 Å². The average molecular weight is 275 g/mol. The van der Waals surface area contributed by atoms with Crippen LogP contribution in [0, 0.1) is 0 Å². The molecule has 3 heteroatoms. The highest BCUT2D eigenvalue weighted by molar-refractivity contribution is 5.76. The molecule has 0 atom stereocenters. The molecule has 0 saturated heterocycles. The Labute approximate surface area is 121 Å². The minimum atomic E-state index is 0.180. The van der Waals surface area contributed by atoms with Crippen LogP contribution < -0.4 is 10.1 Å². The zero-order chi connectivity index (χ0) is 14.2. The number of hydrogen-bond donors (Lipinski definition) is 1. The number of ether oxygens (including phenoxy) is 1. The number of methoxy groups -OCH3 is 1. The second kappa shape index (κ2) is 7.93. The van der Waals surface area contributed by atoms with Gasteiger partial charge in [-0.2, -0.15) is 0 Å². The number of rotatable bonds is 5. The standard InChI is InChI=1S/C17H25NO2/c1-20-16-10-6-7-14(13-16)11-12-17(19)18-15-8-4-2-3-5-9-15/h6-7,10,13,15H,2-5,8-9,11-12H2,1H3,(H,18,19). The monoisotopic (exact) mass is 275 g/mol. The summed E-state index contributed by atoms with van der Waals surface area (Å²) in [5, 5.41) is 3.19. The first-order chi connectivity index (χ1) is 9.78. The quantitative estimate of drug-likeness (QED) is 0.836. The van der Waals surface area contributed by atoms with Gasteiger partial charge in [0.1, 0.15) is 5.75 Å². The van der Waals surface area contributed by atoms with Crippen molar-refractivity contribution >= 4 is 5.91 Å². The Kier molecular flexibility index (Phi) is 5.90. The van der Waals surface area contributed by atoms with Crippen molar-refractivity contribution in [3.8, 4) is 5.75 Å². The van der Waals surface area contributed by atoms with Crippen molar-refractivity contribution in [2.24, 2.45) is 0 Å². The highest BCUT2D eigenvalue weighted by atomic mass is 16.5. The largest absolute Gasteiger partial charge is 0.497 e. The van der Waals surface area contributed by atoms with Gasteiger partial charge in [0.05, 0.1) is 7.11 Å². The van der Waals surface area contributed by atoms with Crippen LogP contribution in [0.5, 0.6) is 5.75 Å². The molecule has 0 aliphatic heterocycles. The van der Waals surface area contributed by atoms with E-state index in [4.69, 9.17) is 4.74 Å². The van der Waals surface area contributed by atoms with Gasteiger partial charge in [-0.05, 0) is 37.0 Å². The van der Waals surface area contributed by atoms with Crippen molar-refractivity contribution in [2.75, 3.05) is 7.11 Å². The average Bonchev–Trinajstić information content (AvgIpc) is 2.74. The molecule has 3 nitrogen and oxygen atoms in total. The minimum absolute atomic E-state index is 0.180. The van der Waals surface area contributed by atoms with Crippen molar-refractivity contribution in [3.05, 3.63) is 29.8 Å². The van der Waals surface area contributed by atoms with E-state index in [2.05, 4.69) is 5.32 Å². The molecule has 1 aromatic rings. The van der Waals surface area contributed by atoms with E-state index in [-0.39, 0.29) is 5.91 Å². The Morgan fingerprint density at radius 2 is 2.00 bits per heavy atom. The molecule has 1 aromatic carbocycles.